The van der Waals surface area contributed by atoms with Crippen LogP contribution in [0.2, 0.25) is 0 Å². The predicted octanol–water partition coefficient (Wildman–Crippen LogP) is 1.64. The maximum atomic E-state index is 14.0. The summed E-state index contributed by atoms with van der Waals surface area (Å²) in [4.78, 5) is 10.9. The van der Waals surface area contributed by atoms with Gasteiger partial charge in [0.15, 0.2) is 5.67 Å². The zero-order valence-electron chi connectivity index (χ0n) is 7.64. The van der Waals surface area contributed by atoms with Crippen LogP contribution in [0.3, 0.4) is 0 Å². The van der Waals surface area contributed by atoms with Crippen LogP contribution in [0.25, 0.3) is 0 Å². The van der Waals surface area contributed by atoms with Gasteiger partial charge in [-0.3, -0.25) is 4.79 Å². The van der Waals surface area contributed by atoms with Crippen molar-refractivity contribution in [3.8, 4) is 0 Å². The molecule has 2 N–H and O–H groups in total. The second kappa shape index (κ2) is 3.04. The first-order valence-electron chi connectivity index (χ1n) is 4.48. The van der Waals surface area contributed by atoms with E-state index in [4.69, 9.17) is 5.73 Å². The number of rotatable bonds is 3. The molecule has 70 valence electrons. The van der Waals surface area contributed by atoms with Crippen LogP contribution in [0.15, 0.2) is 0 Å². The molecule has 0 heterocycles. The molecule has 2 nitrogen and oxygen atoms in total. The molecule has 0 spiro atoms. The van der Waals surface area contributed by atoms with Crippen LogP contribution in [0, 0.1) is 11.8 Å². The van der Waals surface area contributed by atoms with E-state index >= 15 is 0 Å². The van der Waals surface area contributed by atoms with Crippen molar-refractivity contribution < 1.29 is 9.18 Å². The molecule has 3 heteroatoms. The van der Waals surface area contributed by atoms with Gasteiger partial charge in [0.1, 0.15) is 0 Å². The highest BCUT2D eigenvalue weighted by Gasteiger charge is 2.49. The molecule has 0 aromatic heterocycles. The lowest BCUT2D eigenvalue weighted by molar-refractivity contribution is -0.140. The van der Waals surface area contributed by atoms with Gasteiger partial charge in [-0.1, -0.05) is 20.3 Å². The van der Waals surface area contributed by atoms with E-state index in [-0.39, 0.29) is 11.8 Å². The zero-order chi connectivity index (χ0) is 9.35. The highest BCUT2D eigenvalue weighted by molar-refractivity contribution is 5.84. The molecule has 1 amide bonds. The van der Waals surface area contributed by atoms with Crippen molar-refractivity contribution in [2.24, 2.45) is 17.6 Å². The van der Waals surface area contributed by atoms with Gasteiger partial charge in [0.25, 0.3) is 5.91 Å². The van der Waals surface area contributed by atoms with Crippen LogP contribution in [-0.4, -0.2) is 11.6 Å². The Bertz CT molecular complexity index is 189. The van der Waals surface area contributed by atoms with Gasteiger partial charge in [-0.15, -0.1) is 0 Å². The second-order valence-corrected chi connectivity index (χ2v) is 3.91. The largest absolute Gasteiger partial charge is 0.367 e. The summed E-state index contributed by atoms with van der Waals surface area (Å²) in [7, 11) is 0. The summed E-state index contributed by atoms with van der Waals surface area (Å²) in [5.41, 5.74) is 3.30. The first kappa shape index (κ1) is 9.49. The summed E-state index contributed by atoms with van der Waals surface area (Å²) in [6.45, 7) is 3.42. The van der Waals surface area contributed by atoms with Crippen molar-refractivity contribution in [2.45, 2.75) is 38.8 Å². The molecule has 0 bridgehead atoms. The lowest BCUT2D eigenvalue weighted by atomic mass is 9.69. The monoisotopic (exact) mass is 173 g/mol. The van der Waals surface area contributed by atoms with E-state index in [0.29, 0.717) is 0 Å². The smallest absolute Gasteiger partial charge is 0.255 e. The fourth-order valence-corrected chi connectivity index (χ4v) is 1.79. The van der Waals surface area contributed by atoms with E-state index in [1.54, 1.807) is 13.8 Å². The molecule has 1 unspecified atom stereocenters. The molecule has 12 heavy (non-hydrogen) atoms. The number of nitrogens with two attached hydrogens (primary N) is 1. The van der Waals surface area contributed by atoms with Crippen LogP contribution in [0.4, 0.5) is 4.39 Å². The molecule has 1 fully saturated rings. The van der Waals surface area contributed by atoms with Gasteiger partial charge in [-0.2, -0.15) is 0 Å². The van der Waals surface area contributed by atoms with Gasteiger partial charge in [0.05, 0.1) is 0 Å². The van der Waals surface area contributed by atoms with Crippen LogP contribution in [0.5, 0.6) is 0 Å². The van der Waals surface area contributed by atoms with E-state index in [0.717, 1.165) is 19.3 Å². The summed E-state index contributed by atoms with van der Waals surface area (Å²) in [5, 5.41) is 0. The predicted molar refractivity (Wildman–Crippen MR) is 45.2 cm³/mol. The topological polar surface area (TPSA) is 43.1 Å². The quantitative estimate of drug-likeness (QED) is 0.692. The van der Waals surface area contributed by atoms with Crippen molar-refractivity contribution in [3.63, 3.8) is 0 Å². The van der Waals surface area contributed by atoms with Crippen LogP contribution in [-0.2, 0) is 4.79 Å². The summed E-state index contributed by atoms with van der Waals surface area (Å²) < 4.78 is 14.0. The first-order valence-corrected chi connectivity index (χ1v) is 4.48. The van der Waals surface area contributed by atoms with E-state index in [9.17, 15) is 9.18 Å². The lowest BCUT2D eigenvalue weighted by Gasteiger charge is -2.39. The first-order chi connectivity index (χ1) is 5.49. The number of halogens is 1. The maximum Gasteiger partial charge on any atom is 0.255 e. The number of hydrogen-bond donors (Lipinski definition) is 1. The fourth-order valence-electron chi connectivity index (χ4n) is 1.79. The van der Waals surface area contributed by atoms with Gasteiger partial charge < -0.3 is 5.73 Å². The Morgan fingerprint density at radius 3 is 2.17 bits per heavy atom. The number of alkyl halides is 1. The van der Waals surface area contributed by atoms with Gasteiger partial charge >= 0.3 is 0 Å². The Balaban J connectivity index is 2.77. The standard InChI is InChI=1S/C9H16FNO/c1-6(2)9(10,8(11)12)7-4-3-5-7/h6-7H,3-5H2,1-2H3,(H2,11,12). The molecule has 1 rings (SSSR count). The second-order valence-electron chi connectivity index (χ2n) is 3.91. The number of hydrogen-bond acceptors (Lipinski definition) is 1. The maximum absolute atomic E-state index is 14.0. The van der Waals surface area contributed by atoms with Crippen molar-refractivity contribution in [3.05, 3.63) is 0 Å². The molecule has 0 radical (unpaired) electrons. The Labute approximate surface area is 72.3 Å². The van der Waals surface area contributed by atoms with Crippen molar-refractivity contribution in [1.29, 1.82) is 0 Å². The van der Waals surface area contributed by atoms with Gasteiger partial charge in [-0.25, -0.2) is 4.39 Å². The number of amides is 1. The Morgan fingerprint density at radius 2 is 2.08 bits per heavy atom. The minimum atomic E-state index is -1.77. The summed E-state index contributed by atoms with van der Waals surface area (Å²) in [5.74, 6) is -1.22. The molecule has 0 aromatic rings. The third-order valence-corrected chi connectivity index (χ3v) is 2.92. The molecule has 1 atom stereocenters. The lowest BCUT2D eigenvalue weighted by Crippen LogP contribution is -2.52. The molecule has 1 aliphatic rings. The summed E-state index contributed by atoms with van der Waals surface area (Å²) in [6.07, 6.45) is 2.63. The van der Waals surface area contributed by atoms with Gasteiger partial charge in [-0.05, 0) is 18.8 Å². The third-order valence-electron chi connectivity index (χ3n) is 2.92. The van der Waals surface area contributed by atoms with Crippen molar-refractivity contribution >= 4 is 5.91 Å². The van der Waals surface area contributed by atoms with Crippen LogP contribution in [0.1, 0.15) is 33.1 Å². The summed E-state index contributed by atoms with van der Waals surface area (Å²) in [6, 6.07) is 0. The molecule has 0 aromatic carbocycles. The Morgan fingerprint density at radius 1 is 1.58 bits per heavy atom. The van der Waals surface area contributed by atoms with E-state index in [1.165, 1.54) is 0 Å². The highest BCUT2D eigenvalue weighted by Crippen LogP contribution is 2.42. The molecule has 1 aliphatic carbocycles. The average molecular weight is 173 g/mol. The fraction of sp³-hybridized carbons (Fsp3) is 0.889. The van der Waals surface area contributed by atoms with Crippen molar-refractivity contribution in [1.82, 2.24) is 0 Å². The molecular weight excluding hydrogens is 157 g/mol. The van der Waals surface area contributed by atoms with Crippen molar-refractivity contribution in [2.75, 3.05) is 0 Å². The molecule has 1 saturated carbocycles. The van der Waals surface area contributed by atoms with Crippen LogP contribution < -0.4 is 5.73 Å². The van der Waals surface area contributed by atoms with Gasteiger partial charge in [0, 0.05) is 5.92 Å². The van der Waals surface area contributed by atoms with E-state index in [1.807, 2.05) is 0 Å². The number of primary amides is 1. The minimum absolute atomic E-state index is 0.130. The number of carbonyl (C=O) groups is 1. The third kappa shape index (κ3) is 1.21. The molecule has 0 saturated heterocycles. The SMILES string of the molecule is CC(C)C(F)(C(N)=O)C1CCC1. The van der Waals surface area contributed by atoms with E-state index < -0.39 is 11.6 Å². The van der Waals surface area contributed by atoms with Crippen LogP contribution >= 0.6 is 0 Å². The molecular formula is C9H16FNO. The minimum Gasteiger partial charge on any atom is -0.367 e. The summed E-state index contributed by atoms with van der Waals surface area (Å²) >= 11 is 0. The zero-order valence-corrected chi connectivity index (χ0v) is 7.64. The Hall–Kier alpha value is -0.600. The average Bonchev–Trinajstić information content (AvgIpc) is 1.82. The highest BCUT2D eigenvalue weighted by atomic mass is 19.1. The van der Waals surface area contributed by atoms with E-state index in [2.05, 4.69) is 0 Å². The molecule has 0 aliphatic heterocycles. The Kier molecular flexibility index (Phi) is 2.40. The van der Waals surface area contributed by atoms with Gasteiger partial charge in [0.2, 0.25) is 0 Å². The normalized spacial score (nSPS) is 23.3. The number of carbonyl (C=O) groups excluding carboxylic acids is 1.